The van der Waals surface area contributed by atoms with Crippen LogP contribution >= 0.6 is 11.8 Å². The van der Waals surface area contributed by atoms with Gasteiger partial charge in [0.05, 0.1) is 11.7 Å². The van der Waals surface area contributed by atoms with Gasteiger partial charge in [0, 0.05) is 12.0 Å². The van der Waals surface area contributed by atoms with Crippen molar-refractivity contribution < 1.29 is 14.3 Å². The van der Waals surface area contributed by atoms with E-state index in [1.54, 1.807) is 6.92 Å². The minimum atomic E-state index is -1.04. The van der Waals surface area contributed by atoms with Gasteiger partial charge < -0.3 is 4.74 Å². The highest BCUT2D eigenvalue weighted by Gasteiger charge is 2.48. The summed E-state index contributed by atoms with van der Waals surface area (Å²) in [7, 11) is 0. The number of hydrogen-bond acceptors (Lipinski definition) is 6. The average Bonchev–Trinajstić information content (AvgIpc) is 3.18. The topological polar surface area (TPSA) is 84.9 Å². The highest BCUT2D eigenvalue weighted by atomic mass is 32.2. The summed E-state index contributed by atoms with van der Waals surface area (Å²) in [5.41, 5.74) is -0.103. The van der Waals surface area contributed by atoms with Crippen LogP contribution in [0.1, 0.15) is 33.6 Å². The summed E-state index contributed by atoms with van der Waals surface area (Å²) in [5.74, 6) is 0.670. The van der Waals surface area contributed by atoms with Gasteiger partial charge in [0.15, 0.2) is 17.2 Å². The number of rotatable bonds is 7. The molecule has 1 aromatic carbocycles. The third-order valence-corrected chi connectivity index (χ3v) is 5.33. The van der Waals surface area contributed by atoms with Crippen molar-refractivity contribution in [1.29, 1.82) is 0 Å². The number of ether oxygens (including phenoxy) is 1. The number of nitrogens with zero attached hydrogens (tertiary/aromatic N) is 2. The Labute approximate surface area is 157 Å². The Morgan fingerprint density at radius 2 is 2.12 bits per heavy atom. The lowest BCUT2D eigenvalue weighted by Crippen LogP contribution is -2.36. The van der Waals surface area contributed by atoms with Crippen LogP contribution < -0.4 is 0 Å². The molecule has 7 heteroatoms. The molecule has 0 unspecified atom stereocenters. The molecule has 1 saturated heterocycles. The van der Waals surface area contributed by atoms with Gasteiger partial charge in [0.25, 0.3) is 0 Å². The highest BCUT2D eigenvalue weighted by Crippen LogP contribution is 2.36. The number of cyclic esters (lactones) is 1. The summed E-state index contributed by atoms with van der Waals surface area (Å²) in [5, 5.41) is 7.54. The number of aromatic nitrogens is 3. The van der Waals surface area contributed by atoms with Crippen molar-refractivity contribution in [2.45, 2.75) is 44.4 Å². The number of Topliss-reactive ketones (excluding diaryl/α,β-unsaturated/α-hetero) is 1. The molecule has 0 bridgehead atoms. The summed E-state index contributed by atoms with van der Waals surface area (Å²) in [4.78, 5) is 29.1. The maximum atomic E-state index is 12.6. The highest BCUT2D eigenvalue weighted by molar-refractivity contribution is 7.99. The number of ketones is 1. The minimum Gasteiger partial charge on any atom is -0.451 e. The van der Waals surface area contributed by atoms with Crippen molar-refractivity contribution in [3.63, 3.8) is 0 Å². The molecule has 6 nitrogen and oxygen atoms in total. The number of nitrogens with one attached hydrogen (secondary N) is 1. The first-order valence-corrected chi connectivity index (χ1v) is 9.73. The van der Waals surface area contributed by atoms with Gasteiger partial charge in [-0.3, -0.25) is 14.7 Å². The van der Waals surface area contributed by atoms with Crippen LogP contribution in [0.5, 0.6) is 0 Å². The molecule has 1 N–H and O–H groups in total. The van der Waals surface area contributed by atoms with Gasteiger partial charge in [-0.15, -0.1) is 5.10 Å². The van der Waals surface area contributed by atoms with E-state index < -0.39 is 5.60 Å². The van der Waals surface area contributed by atoms with Gasteiger partial charge in [-0.2, -0.15) is 0 Å². The van der Waals surface area contributed by atoms with E-state index in [9.17, 15) is 9.59 Å². The average molecular weight is 373 g/mol. The Kier molecular flexibility index (Phi) is 5.46. The van der Waals surface area contributed by atoms with Crippen LogP contribution in [0.2, 0.25) is 0 Å². The van der Waals surface area contributed by atoms with Crippen LogP contribution in [0.15, 0.2) is 35.5 Å². The van der Waals surface area contributed by atoms with E-state index in [1.807, 2.05) is 30.3 Å². The first-order valence-electron chi connectivity index (χ1n) is 8.74. The number of H-pyrrole nitrogens is 1. The largest absolute Gasteiger partial charge is 0.451 e. The lowest BCUT2D eigenvalue weighted by molar-refractivity contribution is -0.156. The van der Waals surface area contributed by atoms with E-state index in [2.05, 4.69) is 29.0 Å². The van der Waals surface area contributed by atoms with Crippen LogP contribution in [-0.2, 0) is 14.3 Å². The first-order chi connectivity index (χ1) is 12.4. The second kappa shape index (κ2) is 7.61. The molecule has 0 radical (unpaired) electrons. The molecule has 2 aromatic rings. The predicted octanol–water partition coefficient (Wildman–Crippen LogP) is 3.50. The molecule has 138 valence electrons. The van der Waals surface area contributed by atoms with E-state index in [4.69, 9.17) is 4.74 Å². The van der Waals surface area contributed by atoms with Crippen LogP contribution in [-0.4, -0.2) is 38.3 Å². The van der Waals surface area contributed by atoms with Crippen LogP contribution in [0, 0.1) is 11.8 Å². The third-order valence-electron chi connectivity index (χ3n) is 4.49. The number of esters is 1. The minimum absolute atomic E-state index is 0.104. The summed E-state index contributed by atoms with van der Waals surface area (Å²) in [6.45, 7) is 5.84. The van der Waals surface area contributed by atoms with Gasteiger partial charge in [-0.1, -0.05) is 55.9 Å². The zero-order chi connectivity index (χ0) is 18.7. The molecule has 0 amide bonds. The van der Waals surface area contributed by atoms with Crippen molar-refractivity contribution in [2.75, 3.05) is 5.75 Å². The van der Waals surface area contributed by atoms with Crippen molar-refractivity contribution in [2.24, 2.45) is 11.8 Å². The molecular formula is C19H23N3O3S. The van der Waals surface area contributed by atoms with Crippen molar-refractivity contribution >= 4 is 23.5 Å². The molecule has 1 aromatic heterocycles. The number of carbonyl (C=O) groups is 2. The molecule has 0 aliphatic carbocycles. The molecule has 1 fully saturated rings. The van der Waals surface area contributed by atoms with Crippen LogP contribution in [0.3, 0.4) is 0 Å². The van der Waals surface area contributed by atoms with Crippen LogP contribution in [0.25, 0.3) is 11.4 Å². The maximum absolute atomic E-state index is 12.6. The van der Waals surface area contributed by atoms with Gasteiger partial charge in [0.2, 0.25) is 5.16 Å². The Morgan fingerprint density at radius 3 is 2.81 bits per heavy atom. The molecule has 0 spiro atoms. The summed E-state index contributed by atoms with van der Waals surface area (Å²) in [6, 6.07) is 9.67. The smallest absolute Gasteiger partial charge is 0.310 e. The normalized spacial score (nSPS) is 22.6. The lowest BCUT2D eigenvalue weighted by Gasteiger charge is -2.20. The fraction of sp³-hybridized carbons (Fsp3) is 0.474. The van der Waals surface area contributed by atoms with Crippen molar-refractivity contribution in [3.05, 3.63) is 30.3 Å². The standard InChI is InChI=1S/C19H23N3O3S/c1-12(2)9-14-10-19(3,25-17(14)24)15(23)11-26-18-20-16(21-22-18)13-7-5-4-6-8-13/h4-8,12,14H,9-11H2,1-3H3,(H,20,21,22)/t14-,19+/m1/s1. The predicted molar refractivity (Wildman–Crippen MR) is 99.6 cm³/mol. The summed E-state index contributed by atoms with van der Waals surface area (Å²) < 4.78 is 5.44. The van der Waals surface area contributed by atoms with Crippen molar-refractivity contribution in [3.8, 4) is 11.4 Å². The lowest BCUT2D eigenvalue weighted by atomic mass is 9.88. The molecular weight excluding hydrogens is 350 g/mol. The van der Waals surface area contributed by atoms with E-state index in [0.717, 1.165) is 12.0 Å². The van der Waals surface area contributed by atoms with Gasteiger partial charge >= 0.3 is 5.97 Å². The number of benzene rings is 1. The van der Waals surface area contributed by atoms with E-state index in [-0.39, 0.29) is 23.4 Å². The van der Waals surface area contributed by atoms with Gasteiger partial charge in [-0.05, 0) is 19.3 Å². The van der Waals surface area contributed by atoms with E-state index in [1.165, 1.54) is 11.8 Å². The second-order valence-corrected chi connectivity index (χ2v) is 8.17. The molecule has 0 saturated carbocycles. The summed E-state index contributed by atoms with van der Waals surface area (Å²) >= 11 is 1.25. The first kappa shape index (κ1) is 18.6. The molecule has 3 rings (SSSR count). The number of thioether (sulfide) groups is 1. The molecule has 2 atom stereocenters. The third kappa shape index (κ3) is 4.15. The van der Waals surface area contributed by atoms with Crippen molar-refractivity contribution in [1.82, 2.24) is 15.2 Å². The Balaban J connectivity index is 1.59. The van der Waals surface area contributed by atoms with Crippen LogP contribution in [0.4, 0.5) is 0 Å². The number of carbonyl (C=O) groups excluding carboxylic acids is 2. The number of aromatic amines is 1. The van der Waals surface area contributed by atoms with Gasteiger partial charge in [0.1, 0.15) is 0 Å². The monoisotopic (exact) mass is 373 g/mol. The zero-order valence-corrected chi connectivity index (χ0v) is 16.0. The Morgan fingerprint density at radius 1 is 1.38 bits per heavy atom. The molecule has 2 heterocycles. The zero-order valence-electron chi connectivity index (χ0n) is 15.2. The molecule has 1 aliphatic heterocycles. The molecule has 26 heavy (non-hydrogen) atoms. The quantitative estimate of drug-likeness (QED) is 0.591. The molecule has 1 aliphatic rings. The van der Waals surface area contributed by atoms with Gasteiger partial charge in [-0.25, -0.2) is 4.98 Å². The maximum Gasteiger partial charge on any atom is 0.310 e. The summed E-state index contributed by atoms with van der Waals surface area (Å²) in [6.07, 6.45) is 1.20. The fourth-order valence-corrected chi connectivity index (χ4v) is 3.97. The number of hydrogen-bond donors (Lipinski definition) is 1. The Bertz CT molecular complexity index is 790. The van der Waals surface area contributed by atoms with E-state index in [0.29, 0.717) is 23.3 Å². The van der Waals surface area contributed by atoms with E-state index >= 15 is 0 Å². The fourth-order valence-electron chi connectivity index (χ4n) is 3.14. The SMILES string of the molecule is CC(C)C[C@@H]1C[C@@](C)(C(=O)CSc2n[nH]c(-c3ccccc3)n2)OC1=O. The Hall–Kier alpha value is -2.15. The second-order valence-electron chi connectivity index (χ2n) is 7.23.